The number of esters is 1. The van der Waals surface area contributed by atoms with Gasteiger partial charge in [0.15, 0.2) is 9.84 Å². The van der Waals surface area contributed by atoms with Crippen LogP contribution in [0.4, 0.5) is 10.5 Å². The van der Waals surface area contributed by atoms with Crippen molar-refractivity contribution in [3.05, 3.63) is 84.2 Å². The van der Waals surface area contributed by atoms with E-state index in [0.717, 1.165) is 16.7 Å². The van der Waals surface area contributed by atoms with Crippen LogP contribution in [-0.2, 0) is 21.1 Å². The largest absolute Gasteiger partial charge is 0.465 e. The number of ether oxygens (including phenoxy) is 1. The normalized spacial score (nSPS) is 14.9. The lowest BCUT2D eigenvalue weighted by Gasteiger charge is -2.33. The lowest BCUT2D eigenvalue weighted by atomic mass is 10.1. The zero-order chi connectivity index (χ0) is 24.1. The quantitative estimate of drug-likeness (QED) is 0.521. The summed E-state index contributed by atoms with van der Waals surface area (Å²) in [6.07, 6.45) is 3.48. The van der Waals surface area contributed by atoms with Crippen molar-refractivity contribution >= 4 is 27.5 Å². The van der Waals surface area contributed by atoms with Crippen LogP contribution in [0.1, 0.15) is 15.9 Å². The first-order chi connectivity index (χ1) is 16.4. The first-order valence-electron chi connectivity index (χ1n) is 10.8. The number of methoxy groups -OCH3 is 1. The molecule has 9 heteroatoms. The highest BCUT2D eigenvalue weighted by Gasteiger charge is 2.29. The number of carbonyl (C=O) groups is 2. The van der Waals surface area contributed by atoms with Crippen LogP contribution in [0, 0.1) is 0 Å². The Hall–Kier alpha value is -3.72. The number of hydrogen-bond donors (Lipinski definition) is 0. The molecule has 176 valence electrons. The van der Waals surface area contributed by atoms with Crippen LogP contribution in [0.5, 0.6) is 0 Å². The van der Waals surface area contributed by atoms with Crippen molar-refractivity contribution in [3.8, 4) is 11.1 Å². The van der Waals surface area contributed by atoms with Gasteiger partial charge in [-0.1, -0.05) is 30.3 Å². The van der Waals surface area contributed by atoms with E-state index in [1.54, 1.807) is 46.5 Å². The summed E-state index contributed by atoms with van der Waals surface area (Å²) in [5.41, 5.74) is 3.86. The average molecular weight is 480 g/mol. The molecule has 8 nitrogen and oxygen atoms in total. The summed E-state index contributed by atoms with van der Waals surface area (Å²) in [5, 5.41) is 0. The van der Waals surface area contributed by atoms with E-state index in [9.17, 15) is 18.0 Å². The number of pyridine rings is 1. The fourth-order valence-electron chi connectivity index (χ4n) is 3.76. The molecule has 34 heavy (non-hydrogen) atoms. The second kappa shape index (κ2) is 10.0. The van der Waals surface area contributed by atoms with E-state index < -0.39 is 15.8 Å². The molecular formula is C25H25N3O5S. The molecular weight excluding hydrogens is 454 g/mol. The number of nitrogens with zero attached hydrogens (tertiary/aromatic N) is 3. The Kier molecular flexibility index (Phi) is 6.93. The SMILES string of the molecule is COC(=O)c1ccc(CN(C(=O)N2CCS(=O)(=O)CC2)c2ccc(-c3cccnc3)cc2)cc1. The molecule has 4 rings (SSSR count). The summed E-state index contributed by atoms with van der Waals surface area (Å²) in [6.45, 7) is 0.579. The van der Waals surface area contributed by atoms with Gasteiger partial charge in [-0.2, -0.15) is 0 Å². The minimum atomic E-state index is -3.11. The molecule has 0 saturated carbocycles. The Morgan fingerprint density at radius 3 is 2.24 bits per heavy atom. The topological polar surface area (TPSA) is 96.9 Å². The minimum absolute atomic E-state index is 0.0413. The number of benzene rings is 2. The Balaban J connectivity index is 1.61. The van der Waals surface area contributed by atoms with Crippen molar-refractivity contribution in [1.82, 2.24) is 9.88 Å². The molecule has 0 spiro atoms. The highest BCUT2D eigenvalue weighted by molar-refractivity contribution is 7.91. The molecule has 1 aliphatic heterocycles. The minimum Gasteiger partial charge on any atom is -0.465 e. The summed E-state index contributed by atoms with van der Waals surface area (Å²) >= 11 is 0. The van der Waals surface area contributed by atoms with Crippen molar-refractivity contribution in [2.24, 2.45) is 0 Å². The highest BCUT2D eigenvalue weighted by atomic mass is 32.2. The maximum atomic E-state index is 13.5. The first kappa shape index (κ1) is 23.4. The van der Waals surface area contributed by atoms with E-state index in [0.29, 0.717) is 11.3 Å². The molecule has 0 atom stereocenters. The number of rotatable bonds is 5. The number of hydrogen-bond acceptors (Lipinski definition) is 6. The first-order valence-corrected chi connectivity index (χ1v) is 12.6. The molecule has 3 aromatic rings. The van der Waals surface area contributed by atoms with Gasteiger partial charge in [0.1, 0.15) is 0 Å². The van der Waals surface area contributed by atoms with E-state index in [1.165, 1.54) is 7.11 Å². The van der Waals surface area contributed by atoms with E-state index in [-0.39, 0.29) is 37.2 Å². The Bertz CT molecular complexity index is 1250. The molecule has 1 aromatic heterocycles. The van der Waals surface area contributed by atoms with E-state index in [2.05, 4.69) is 4.98 Å². The van der Waals surface area contributed by atoms with Crippen LogP contribution in [-0.4, -0.2) is 62.0 Å². The Morgan fingerprint density at radius 1 is 0.971 bits per heavy atom. The molecule has 0 bridgehead atoms. The fourth-order valence-corrected chi connectivity index (χ4v) is 4.96. The molecule has 2 heterocycles. The summed E-state index contributed by atoms with van der Waals surface area (Å²) in [7, 11) is -1.79. The number of amides is 2. The molecule has 2 amide bonds. The molecule has 0 N–H and O–H groups in total. The molecule has 0 unspecified atom stereocenters. The van der Waals surface area contributed by atoms with E-state index >= 15 is 0 Å². The van der Waals surface area contributed by atoms with Crippen LogP contribution in [0.25, 0.3) is 11.1 Å². The van der Waals surface area contributed by atoms with Crippen LogP contribution < -0.4 is 4.90 Å². The summed E-state index contributed by atoms with van der Waals surface area (Å²) in [4.78, 5) is 32.5. The fraction of sp³-hybridized carbons (Fsp3) is 0.240. The highest BCUT2D eigenvalue weighted by Crippen LogP contribution is 2.25. The van der Waals surface area contributed by atoms with Gasteiger partial charge >= 0.3 is 12.0 Å². The zero-order valence-electron chi connectivity index (χ0n) is 18.8. The van der Waals surface area contributed by atoms with Crippen LogP contribution in [0.2, 0.25) is 0 Å². The summed E-state index contributed by atoms with van der Waals surface area (Å²) in [5.74, 6) is -0.513. The van der Waals surface area contributed by atoms with Gasteiger partial charge in [0.05, 0.1) is 30.7 Å². The molecule has 2 aromatic carbocycles. The standard InChI is InChI=1S/C25H25N3O5S/c1-33-24(29)21-6-4-19(5-7-21)18-28(25(30)27-13-15-34(31,32)16-14-27)23-10-8-20(9-11-23)22-3-2-12-26-17-22/h2-12,17H,13-16,18H2,1H3. The second-order valence-electron chi connectivity index (χ2n) is 7.98. The monoisotopic (exact) mass is 479 g/mol. The maximum Gasteiger partial charge on any atom is 0.337 e. The number of carbonyl (C=O) groups excluding carboxylic acids is 2. The Morgan fingerprint density at radius 2 is 1.65 bits per heavy atom. The average Bonchev–Trinajstić information content (AvgIpc) is 2.87. The molecule has 1 aliphatic rings. The number of aromatic nitrogens is 1. The van der Waals surface area contributed by atoms with Crippen molar-refractivity contribution in [1.29, 1.82) is 0 Å². The maximum absolute atomic E-state index is 13.5. The van der Waals surface area contributed by atoms with Crippen molar-refractivity contribution in [2.75, 3.05) is 36.6 Å². The Labute approximate surface area is 198 Å². The predicted molar refractivity (Wildman–Crippen MR) is 129 cm³/mol. The molecule has 1 fully saturated rings. The summed E-state index contributed by atoms with van der Waals surface area (Å²) in [6, 6.07) is 18.0. The third kappa shape index (κ3) is 5.43. The predicted octanol–water partition coefficient (Wildman–Crippen LogP) is 3.39. The van der Waals surface area contributed by atoms with Crippen LogP contribution in [0.3, 0.4) is 0 Å². The molecule has 1 saturated heterocycles. The van der Waals surface area contributed by atoms with Crippen molar-refractivity contribution in [2.45, 2.75) is 6.54 Å². The number of urea groups is 1. The van der Waals surface area contributed by atoms with Crippen molar-refractivity contribution < 1.29 is 22.7 Å². The zero-order valence-corrected chi connectivity index (χ0v) is 19.6. The van der Waals surface area contributed by atoms with Crippen LogP contribution in [0.15, 0.2) is 73.1 Å². The summed E-state index contributed by atoms with van der Waals surface area (Å²) < 4.78 is 28.4. The third-order valence-electron chi connectivity index (χ3n) is 5.74. The number of anilines is 1. The van der Waals surface area contributed by atoms with Gasteiger partial charge < -0.3 is 9.64 Å². The van der Waals surface area contributed by atoms with Gasteiger partial charge in [-0.25, -0.2) is 18.0 Å². The van der Waals surface area contributed by atoms with Gasteiger partial charge in [0.25, 0.3) is 0 Å². The number of sulfone groups is 1. The van der Waals surface area contributed by atoms with Gasteiger partial charge in [0.2, 0.25) is 0 Å². The lowest BCUT2D eigenvalue weighted by Crippen LogP contribution is -2.49. The smallest absolute Gasteiger partial charge is 0.337 e. The second-order valence-corrected chi connectivity index (χ2v) is 10.3. The van der Waals surface area contributed by atoms with Crippen LogP contribution >= 0.6 is 0 Å². The van der Waals surface area contributed by atoms with E-state index in [4.69, 9.17) is 4.74 Å². The van der Waals surface area contributed by atoms with E-state index in [1.807, 2.05) is 36.4 Å². The van der Waals surface area contributed by atoms with Gasteiger partial charge in [-0.05, 0) is 47.0 Å². The van der Waals surface area contributed by atoms with Gasteiger partial charge in [0, 0.05) is 31.2 Å². The van der Waals surface area contributed by atoms with Gasteiger partial charge in [-0.15, -0.1) is 0 Å². The van der Waals surface area contributed by atoms with Crippen molar-refractivity contribution in [3.63, 3.8) is 0 Å². The third-order valence-corrected chi connectivity index (χ3v) is 7.34. The molecule has 0 aliphatic carbocycles. The lowest BCUT2D eigenvalue weighted by molar-refractivity contribution is 0.0600. The van der Waals surface area contributed by atoms with Gasteiger partial charge in [-0.3, -0.25) is 9.88 Å². The molecule has 0 radical (unpaired) electrons.